The molecule has 1 atom stereocenters. The summed E-state index contributed by atoms with van der Waals surface area (Å²) in [5.41, 5.74) is 8.25. The van der Waals surface area contributed by atoms with Crippen molar-refractivity contribution in [3.63, 3.8) is 0 Å². The lowest BCUT2D eigenvalue weighted by Crippen LogP contribution is -2.36. The molecule has 0 saturated carbocycles. The van der Waals surface area contributed by atoms with E-state index in [0.717, 1.165) is 12.3 Å². The lowest BCUT2D eigenvalue weighted by atomic mass is 9.93. The summed E-state index contributed by atoms with van der Waals surface area (Å²) in [6, 6.07) is 7.08. The Morgan fingerprint density at radius 1 is 1.14 bits per heavy atom. The van der Waals surface area contributed by atoms with E-state index in [1.54, 1.807) is 52.9 Å². The van der Waals surface area contributed by atoms with E-state index in [2.05, 4.69) is 15.1 Å². The maximum atomic E-state index is 14.1. The average molecular weight is 621 g/mol. The quantitative estimate of drug-likeness (QED) is 0.243. The van der Waals surface area contributed by atoms with Gasteiger partial charge in [0.1, 0.15) is 17.2 Å². The molecule has 14 heteroatoms. The first-order chi connectivity index (χ1) is 19.4. The molecule has 0 unspecified atom stereocenters. The van der Waals surface area contributed by atoms with Crippen molar-refractivity contribution in [2.45, 2.75) is 45.8 Å². The van der Waals surface area contributed by atoms with Crippen molar-refractivity contribution in [1.82, 2.24) is 20.1 Å². The smallest absolute Gasteiger partial charge is 0.408 e. The number of alkyl carbamates (subject to hydrolysis) is 1. The van der Waals surface area contributed by atoms with Crippen molar-refractivity contribution < 1.29 is 26.7 Å². The van der Waals surface area contributed by atoms with Crippen LogP contribution in [0.3, 0.4) is 0 Å². The summed E-state index contributed by atoms with van der Waals surface area (Å²) in [5, 5.41) is 7.69. The summed E-state index contributed by atoms with van der Waals surface area (Å²) in [7, 11) is -2.08. The molecule has 0 aliphatic rings. The van der Waals surface area contributed by atoms with Crippen LogP contribution in [0.1, 0.15) is 43.8 Å². The van der Waals surface area contributed by atoms with Gasteiger partial charge in [-0.05, 0) is 63.9 Å². The number of aryl methyl sites for hydroxylation is 2. The van der Waals surface area contributed by atoms with Crippen molar-refractivity contribution in [2.75, 3.05) is 16.7 Å². The number of nitrogens with zero attached hydrogens (tertiary/aromatic N) is 3. The highest BCUT2D eigenvalue weighted by Crippen LogP contribution is 2.40. The zero-order chi connectivity index (χ0) is 31.1. The van der Waals surface area contributed by atoms with Crippen LogP contribution in [0, 0.1) is 18.6 Å². The number of aromatic nitrogens is 3. The van der Waals surface area contributed by atoms with Gasteiger partial charge < -0.3 is 15.8 Å². The third-order valence-electron chi connectivity index (χ3n) is 6.17. The van der Waals surface area contributed by atoms with Gasteiger partial charge in [0.05, 0.1) is 45.3 Å². The van der Waals surface area contributed by atoms with Gasteiger partial charge in [-0.15, -0.1) is 0 Å². The van der Waals surface area contributed by atoms with E-state index in [1.165, 1.54) is 16.8 Å². The van der Waals surface area contributed by atoms with Gasteiger partial charge in [-0.3, -0.25) is 14.4 Å². The summed E-state index contributed by atoms with van der Waals surface area (Å²) in [5.74, 6) is -1.53. The Kier molecular flexibility index (Phi) is 8.38. The van der Waals surface area contributed by atoms with Crippen LogP contribution in [0.4, 0.5) is 25.1 Å². The molecule has 2 heterocycles. The van der Waals surface area contributed by atoms with Crippen LogP contribution < -0.4 is 15.8 Å². The average Bonchev–Trinajstić information content (AvgIpc) is 3.13. The van der Waals surface area contributed by atoms with Crippen LogP contribution >= 0.6 is 11.6 Å². The highest BCUT2D eigenvalue weighted by molar-refractivity contribution is 7.92. The number of fused-ring (bicyclic) bond motifs is 1. The van der Waals surface area contributed by atoms with E-state index in [9.17, 15) is 22.0 Å². The number of nitrogen functional groups attached to an aromatic ring is 1. The maximum Gasteiger partial charge on any atom is 0.408 e. The lowest BCUT2D eigenvalue weighted by Gasteiger charge is -2.25. The topological polar surface area (TPSA) is 141 Å². The Bertz CT molecular complexity index is 1780. The van der Waals surface area contributed by atoms with E-state index < -0.39 is 39.4 Å². The number of hydrogen-bond donors (Lipinski definition) is 3. The summed E-state index contributed by atoms with van der Waals surface area (Å²) in [4.78, 5) is 17.7. The Balaban J connectivity index is 1.96. The minimum atomic E-state index is -3.69. The summed E-state index contributed by atoms with van der Waals surface area (Å²) in [6.07, 6.45) is 0.171. The number of anilines is 2. The molecular weight excluding hydrogens is 590 g/mol. The number of benzene rings is 2. The van der Waals surface area contributed by atoms with Gasteiger partial charge in [0.2, 0.25) is 10.0 Å². The third-order valence-corrected chi connectivity index (χ3v) is 7.05. The van der Waals surface area contributed by atoms with Gasteiger partial charge in [-0.1, -0.05) is 17.7 Å². The predicted octanol–water partition coefficient (Wildman–Crippen LogP) is 5.64. The molecule has 4 rings (SSSR count). The summed E-state index contributed by atoms with van der Waals surface area (Å²) >= 11 is 6.52. The number of pyridine rings is 1. The van der Waals surface area contributed by atoms with Gasteiger partial charge in [-0.25, -0.2) is 22.0 Å². The van der Waals surface area contributed by atoms with Gasteiger partial charge >= 0.3 is 6.09 Å². The first-order valence-corrected chi connectivity index (χ1v) is 15.0. The van der Waals surface area contributed by atoms with E-state index in [1.807, 2.05) is 0 Å². The van der Waals surface area contributed by atoms with Crippen LogP contribution in [0.15, 0.2) is 36.4 Å². The van der Waals surface area contributed by atoms with E-state index in [-0.39, 0.29) is 22.8 Å². The van der Waals surface area contributed by atoms with Crippen molar-refractivity contribution in [3.8, 4) is 11.1 Å². The molecule has 2 aromatic heterocycles. The number of amides is 1. The number of carbonyl (C=O) groups excluding carboxylic acids is 1. The van der Waals surface area contributed by atoms with E-state index in [0.29, 0.717) is 39.1 Å². The van der Waals surface area contributed by atoms with Crippen molar-refractivity contribution in [1.29, 1.82) is 0 Å². The molecule has 0 aliphatic carbocycles. The Morgan fingerprint density at radius 3 is 2.38 bits per heavy atom. The Morgan fingerprint density at radius 2 is 1.79 bits per heavy atom. The molecule has 0 radical (unpaired) electrons. The number of nitrogens with two attached hydrogens (primary N) is 1. The zero-order valence-corrected chi connectivity index (χ0v) is 25.4. The maximum absolute atomic E-state index is 14.1. The number of ether oxygens (including phenoxy) is 1. The first-order valence-electron chi connectivity index (χ1n) is 12.8. The van der Waals surface area contributed by atoms with Crippen LogP contribution in [-0.4, -0.2) is 41.1 Å². The molecule has 0 aliphatic heterocycles. The van der Waals surface area contributed by atoms with Crippen LogP contribution in [0.25, 0.3) is 22.0 Å². The summed E-state index contributed by atoms with van der Waals surface area (Å²) < 4.78 is 61.7. The van der Waals surface area contributed by atoms with Crippen molar-refractivity contribution in [3.05, 3.63) is 70.0 Å². The monoisotopic (exact) mass is 620 g/mol. The highest BCUT2D eigenvalue weighted by atomic mass is 35.5. The van der Waals surface area contributed by atoms with Crippen molar-refractivity contribution in [2.24, 2.45) is 7.05 Å². The van der Waals surface area contributed by atoms with Crippen LogP contribution in [0.2, 0.25) is 5.02 Å². The second-order valence-corrected chi connectivity index (χ2v) is 13.1. The minimum Gasteiger partial charge on any atom is -0.444 e. The van der Waals surface area contributed by atoms with E-state index in [4.69, 9.17) is 27.1 Å². The molecule has 224 valence electrons. The minimum absolute atomic E-state index is 0.0232. The third kappa shape index (κ3) is 7.08. The predicted molar refractivity (Wildman–Crippen MR) is 159 cm³/mol. The van der Waals surface area contributed by atoms with Crippen LogP contribution in [0.5, 0.6) is 0 Å². The zero-order valence-electron chi connectivity index (χ0n) is 23.8. The van der Waals surface area contributed by atoms with Gasteiger partial charge in [0, 0.05) is 24.2 Å². The standard InChI is InChI=1S/C28H31ClF2N6O4S/c1-14-21(32)13-19(18-7-8-20(29)23-25(18)37(5)35-26(23)36-42(6,39)40)24(33-14)22(34-27(38)41-28(2,3)4)11-15-9-16(30)12-17(31)10-15/h7-10,12-13,22H,11,32H2,1-6H3,(H,34,38)(H,35,36)/t22-/m0/s1. The molecule has 0 saturated heterocycles. The fourth-order valence-electron chi connectivity index (χ4n) is 4.59. The molecule has 0 spiro atoms. The fraction of sp³-hybridized carbons (Fsp3) is 0.321. The molecule has 4 N–H and O–H groups in total. The van der Waals surface area contributed by atoms with Gasteiger partial charge in [0.15, 0.2) is 5.82 Å². The number of halogens is 3. The lowest BCUT2D eigenvalue weighted by molar-refractivity contribution is 0.0502. The molecule has 0 bridgehead atoms. The van der Waals surface area contributed by atoms with Crippen molar-refractivity contribution >= 4 is 50.1 Å². The molecular formula is C28H31ClF2N6O4S. The van der Waals surface area contributed by atoms with Crippen LogP contribution in [-0.2, 0) is 28.2 Å². The van der Waals surface area contributed by atoms with E-state index >= 15 is 0 Å². The molecule has 42 heavy (non-hydrogen) atoms. The SMILES string of the molecule is Cc1nc([C@H](Cc2cc(F)cc(F)c2)NC(=O)OC(C)(C)C)c(-c2ccc(Cl)c3c(NS(C)(=O)=O)nn(C)c23)cc1N. The normalized spacial score (nSPS) is 12.8. The van der Waals surface area contributed by atoms with Gasteiger partial charge in [0.25, 0.3) is 0 Å². The molecule has 1 amide bonds. The first kappa shape index (κ1) is 31.0. The molecule has 4 aromatic rings. The number of nitrogens with one attached hydrogen (secondary N) is 2. The Labute approximate surface area is 247 Å². The fourth-order valence-corrected chi connectivity index (χ4v) is 5.33. The number of sulfonamides is 1. The molecule has 10 nitrogen and oxygen atoms in total. The van der Waals surface area contributed by atoms with Gasteiger partial charge in [-0.2, -0.15) is 5.10 Å². The second-order valence-electron chi connectivity index (χ2n) is 10.9. The summed E-state index contributed by atoms with van der Waals surface area (Å²) in [6.45, 7) is 6.80. The number of carbonyl (C=O) groups is 1. The molecule has 2 aromatic carbocycles. The Hall–Kier alpha value is -3.97. The highest BCUT2D eigenvalue weighted by Gasteiger charge is 2.28. The second kappa shape index (κ2) is 11.4. The number of rotatable bonds is 7. The molecule has 0 fully saturated rings. The largest absolute Gasteiger partial charge is 0.444 e. The number of hydrogen-bond acceptors (Lipinski definition) is 7.